The Morgan fingerprint density at radius 1 is 0.472 bits per heavy atom. The van der Waals surface area contributed by atoms with Crippen LogP contribution in [0.15, 0.2) is 131 Å². The zero-order valence-corrected chi connectivity index (χ0v) is 20.4. The topological polar surface area (TPSA) is 48.8 Å². The fraction of sp³-hybridized carbons (Fsp3) is 0.188. The molecule has 5 rings (SSSR count). The van der Waals surface area contributed by atoms with Gasteiger partial charge in [0.25, 0.3) is 0 Å². The van der Waals surface area contributed by atoms with E-state index in [9.17, 15) is 0 Å². The average Bonchev–Trinajstić information content (AvgIpc) is 2.95. The minimum atomic E-state index is 0.0986. The maximum absolute atomic E-state index is 5.31. The highest BCUT2D eigenvalue weighted by molar-refractivity contribution is 6.09. The molecule has 1 aliphatic carbocycles. The van der Waals surface area contributed by atoms with Gasteiger partial charge in [-0.25, -0.2) is 0 Å². The molecule has 1 saturated carbocycles. The minimum absolute atomic E-state index is 0.0986. The summed E-state index contributed by atoms with van der Waals surface area (Å²) in [5.41, 5.74) is 4.24. The van der Waals surface area contributed by atoms with E-state index in [0.717, 1.165) is 47.0 Å². The van der Waals surface area contributed by atoms with Crippen LogP contribution in [-0.4, -0.2) is 23.8 Å². The largest absolute Gasteiger partial charge is 0.340 e. The molecule has 0 spiro atoms. The standard InChI is InChI=1S/C32H32N4/c1-5-15-25(16-6-1)31(33-27-19-9-3-10-20-27)35-29-23-13-14-24-30(29)36-32(26-17-7-2-8-18-26)34-28-21-11-4-12-22-28/h1-12,15-22,29-30H,13-14,23-24H2,(H,33,35)(H,34,36)/t29-,30-/m1/s1. The van der Waals surface area contributed by atoms with E-state index >= 15 is 0 Å². The lowest BCUT2D eigenvalue weighted by atomic mass is 9.91. The summed E-state index contributed by atoms with van der Waals surface area (Å²) in [4.78, 5) is 10.6. The van der Waals surface area contributed by atoms with Gasteiger partial charge in [0.15, 0.2) is 0 Å². The van der Waals surface area contributed by atoms with Crippen molar-refractivity contribution >= 4 is 23.0 Å². The van der Waals surface area contributed by atoms with Crippen molar-refractivity contribution < 1.29 is 0 Å². The fourth-order valence-corrected chi connectivity index (χ4v) is 4.59. The van der Waals surface area contributed by atoms with Gasteiger partial charge in [-0.15, -0.1) is 0 Å². The number of para-hydroxylation sites is 2. The van der Waals surface area contributed by atoms with E-state index in [1.807, 2.05) is 48.5 Å². The predicted molar refractivity (Wildman–Crippen MR) is 152 cm³/mol. The molecule has 2 atom stereocenters. The van der Waals surface area contributed by atoms with Gasteiger partial charge in [-0.2, -0.15) is 0 Å². The second-order valence-corrected chi connectivity index (χ2v) is 9.09. The number of nitrogens with one attached hydrogen (secondary N) is 2. The Balaban J connectivity index is 1.49. The SMILES string of the molecule is c1ccc(NC(=N[C@@H]2CCCC[C@H]2N=C(Nc2ccccc2)c2ccccc2)c2ccccc2)cc1. The van der Waals surface area contributed by atoms with Gasteiger partial charge in [0, 0.05) is 22.5 Å². The first kappa shape index (κ1) is 23.6. The first-order chi connectivity index (χ1) is 17.8. The highest BCUT2D eigenvalue weighted by Crippen LogP contribution is 2.26. The third-order valence-electron chi connectivity index (χ3n) is 6.45. The van der Waals surface area contributed by atoms with Gasteiger partial charge in [0.1, 0.15) is 11.7 Å². The average molecular weight is 473 g/mol. The molecule has 0 radical (unpaired) electrons. The predicted octanol–water partition coefficient (Wildman–Crippen LogP) is 7.42. The smallest absolute Gasteiger partial charge is 0.133 e. The summed E-state index contributed by atoms with van der Waals surface area (Å²) in [5.74, 6) is 1.79. The number of anilines is 2. The number of amidine groups is 2. The molecule has 0 amide bonds. The van der Waals surface area contributed by atoms with Crippen molar-refractivity contribution in [3.05, 3.63) is 132 Å². The van der Waals surface area contributed by atoms with E-state index in [1.54, 1.807) is 0 Å². The molecule has 4 aromatic rings. The summed E-state index contributed by atoms with van der Waals surface area (Å²) in [7, 11) is 0. The second-order valence-electron chi connectivity index (χ2n) is 9.09. The molecule has 0 aromatic heterocycles. The van der Waals surface area contributed by atoms with E-state index in [0.29, 0.717) is 0 Å². The van der Waals surface area contributed by atoms with Crippen LogP contribution in [0.1, 0.15) is 36.8 Å². The highest BCUT2D eigenvalue weighted by Gasteiger charge is 2.26. The van der Waals surface area contributed by atoms with Crippen LogP contribution in [0.2, 0.25) is 0 Å². The maximum Gasteiger partial charge on any atom is 0.133 e. The van der Waals surface area contributed by atoms with Crippen LogP contribution in [0, 0.1) is 0 Å². The normalized spacial score (nSPS) is 18.4. The number of rotatable bonds is 6. The number of benzene rings is 4. The summed E-state index contributed by atoms with van der Waals surface area (Å²) >= 11 is 0. The monoisotopic (exact) mass is 472 g/mol. The van der Waals surface area contributed by atoms with Gasteiger partial charge < -0.3 is 10.6 Å². The number of aliphatic imine (C=N–C) groups is 2. The third kappa shape index (κ3) is 6.28. The van der Waals surface area contributed by atoms with Crippen molar-refractivity contribution in [2.24, 2.45) is 9.98 Å². The molecule has 0 unspecified atom stereocenters. The molecule has 0 bridgehead atoms. The molecule has 4 nitrogen and oxygen atoms in total. The van der Waals surface area contributed by atoms with Crippen molar-refractivity contribution in [3.8, 4) is 0 Å². The Kier molecular flexibility index (Phi) is 7.84. The molecule has 4 heteroatoms. The second kappa shape index (κ2) is 12.0. The van der Waals surface area contributed by atoms with Crippen LogP contribution >= 0.6 is 0 Å². The van der Waals surface area contributed by atoms with E-state index in [2.05, 4.69) is 83.4 Å². The van der Waals surface area contributed by atoms with Crippen molar-refractivity contribution in [2.45, 2.75) is 37.8 Å². The van der Waals surface area contributed by atoms with Crippen molar-refractivity contribution in [3.63, 3.8) is 0 Å². The summed E-state index contributed by atoms with van der Waals surface area (Å²) < 4.78 is 0. The first-order valence-corrected chi connectivity index (χ1v) is 12.8. The summed E-state index contributed by atoms with van der Waals surface area (Å²) in [5, 5.41) is 7.15. The molecule has 1 fully saturated rings. The molecule has 0 aliphatic heterocycles. The van der Waals surface area contributed by atoms with Crippen LogP contribution in [-0.2, 0) is 0 Å². The molecule has 180 valence electrons. The van der Waals surface area contributed by atoms with Gasteiger partial charge in [-0.05, 0) is 37.1 Å². The van der Waals surface area contributed by atoms with Crippen LogP contribution in [0.25, 0.3) is 0 Å². The Morgan fingerprint density at radius 3 is 1.17 bits per heavy atom. The molecular weight excluding hydrogens is 440 g/mol. The Morgan fingerprint density at radius 2 is 0.806 bits per heavy atom. The lowest BCUT2D eigenvalue weighted by Gasteiger charge is -2.28. The number of hydrogen-bond donors (Lipinski definition) is 2. The van der Waals surface area contributed by atoms with E-state index in [1.165, 1.54) is 12.8 Å². The molecule has 36 heavy (non-hydrogen) atoms. The van der Waals surface area contributed by atoms with Crippen LogP contribution in [0.5, 0.6) is 0 Å². The third-order valence-corrected chi connectivity index (χ3v) is 6.45. The Hall–Kier alpha value is -4.18. The summed E-state index contributed by atoms with van der Waals surface area (Å²) in [6, 6.07) is 41.5. The Labute approximate surface area is 213 Å². The molecule has 0 saturated heterocycles. The van der Waals surface area contributed by atoms with Gasteiger partial charge >= 0.3 is 0 Å². The Bertz CT molecular complexity index is 1170. The van der Waals surface area contributed by atoms with E-state index < -0.39 is 0 Å². The zero-order chi connectivity index (χ0) is 24.4. The minimum Gasteiger partial charge on any atom is -0.340 e. The van der Waals surface area contributed by atoms with Crippen LogP contribution in [0.4, 0.5) is 11.4 Å². The van der Waals surface area contributed by atoms with Gasteiger partial charge in [0.2, 0.25) is 0 Å². The fourth-order valence-electron chi connectivity index (χ4n) is 4.59. The van der Waals surface area contributed by atoms with E-state index in [4.69, 9.17) is 9.98 Å². The first-order valence-electron chi connectivity index (χ1n) is 12.8. The summed E-state index contributed by atoms with van der Waals surface area (Å²) in [6.45, 7) is 0. The molecule has 1 aliphatic rings. The maximum atomic E-state index is 5.31. The molecule has 2 N–H and O–H groups in total. The lowest BCUT2D eigenvalue weighted by molar-refractivity contribution is 0.388. The van der Waals surface area contributed by atoms with Crippen LogP contribution in [0.3, 0.4) is 0 Å². The van der Waals surface area contributed by atoms with Crippen molar-refractivity contribution in [2.75, 3.05) is 10.6 Å². The quantitative estimate of drug-likeness (QED) is 0.227. The molecular formula is C32H32N4. The molecule has 0 heterocycles. The van der Waals surface area contributed by atoms with Crippen LogP contribution < -0.4 is 10.6 Å². The highest BCUT2D eigenvalue weighted by atomic mass is 15.1. The van der Waals surface area contributed by atoms with Gasteiger partial charge in [0.05, 0.1) is 12.1 Å². The van der Waals surface area contributed by atoms with E-state index in [-0.39, 0.29) is 12.1 Å². The number of nitrogens with zero attached hydrogens (tertiary/aromatic N) is 2. The molecule has 4 aromatic carbocycles. The van der Waals surface area contributed by atoms with Crippen molar-refractivity contribution in [1.29, 1.82) is 0 Å². The van der Waals surface area contributed by atoms with Gasteiger partial charge in [-0.3, -0.25) is 9.98 Å². The lowest BCUT2D eigenvalue weighted by Crippen LogP contribution is -2.32. The summed E-state index contributed by atoms with van der Waals surface area (Å²) in [6.07, 6.45) is 4.38. The van der Waals surface area contributed by atoms with Gasteiger partial charge in [-0.1, -0.05) is 110 Å². The van der Waals surface area contributed by atoms with Crippen molar-refractivity contribution in [1.82, 2.24) is 0 Å². The zero-order valence-electron chi connectivity index (χ0n) is 20.4. The number of hydrogen-bond acceptors (Lipinski definition) is 2.